The molecule has 2 aliphatic heterocycles. The van der Waals surface area contributed by atoms with E-state index < -0.39 is 44.3 Å². The van der Waals surface area contributed by atoms with Gasteiger partial charge in [0.25, 0.3) is 0 Å². The Bertz CT molecular complexity index is 2630. The first kappa shape index (κ1) is 55.7. The number of allylic oxidation sites excluding steroid dienone is 7. The maximum Gasteiger partial charge on any atom is 1.00 e. The summed E-state index contributed by atoms with van der Waals surface area (Å²) in [6.07, 6.45) is 9.01. The molecule has 0 spiro atoms. The second-order valence-electron chi connectivity index (χ2n) is 15.7. The molecule has 3 aliphatic rings. The molecule has 0 fully saturated rings. The van der Waals surface area contributed by atoms with Gasteiger partial charge in [0, 0.05) is 50.8 Å². The van der Waals surface area contributed by atoms with Gasteiger partial charge in [-0.05, 0) is 104 Å². The molecule has 13 nitrogen and oxygen atoms in total. The number of fused-ring (bicyclic) bond motifs is 2. The first-order valence-electron chi connectivity index (χ1n) is 19.4. The van der Waals surface area contributed by atoms with Crippen LogP contribution >= 0.6 is 12.0 Å². The molecule has 18 heteroatoms. The van der Waals surface area contributed by atoms with Crippen molar-refractivity contribution in [2.75, 3.05) is 30.0 Å². The number of hydrogen-bond acceptors (Lipinski definition) is 13. The van der Waals surface area contributed by atoms with E-state index in [1.807, 2.05) is 125 Å². The van der Waals surface area contributed by atoms with Crippen LogP contribution in [0.25, 0.3) is 0 Å². The molecule has 1 aliphatic carbocycles. The van der Waals surface area contributed by atoms with Gasteiger partial charge in [-0.2, -0.15) is 4.58 Å². The molecule has 4 aromatic rings. The predicted octanol–water partition coefficient (Wildman–Crippen LogP) is -2.95. The summed E-state index contributed by atoms with van der Waals surface area (Å²) in [5, 5.41) is 28.9. The Kier molecular flexibility index (Phi) is 20.5. The van der Waals surface area contributed by atoms with Crippen molar-refractivity contribution >= 4 is 62.6 Å². The molecule has 64 heavy (non-hydrogen) atoms. The Morgan fingerprint density at radius 2 is 1.45 bits per heavy atom. The Labute approximate surface area is 505 Å². The summed E-state index contributed by atoms with van der Waals surface area (Å²) < 4.78 is 42.9. The molecule has 0 radical (unpaired) electrons. The Morgan fingerprint density at radius 1 is 0.812 bits per heavy atom. The number of para-hydroxylation sites is 2. The van der Waals surface area contributed by atoms with E-state index in [2.05, 4.69) is 14.8 Å². The van der Waals surface area contributed by atoms with E-state index in [1.54, 1.807) is 15.5 Å². The van der Waals surface area contributed by atoms with Crippen LogP contribution < -0.4 is 174 Å². The van der Waals surface area contributed by atoms with E-state index in [9.17, 15) is 32.8 Å². The minimum Gasteiger partial charge on any atom is -0.744 e. The Hall–Kier alpha value is -0.901. The summed E-state index contributed by atoms with van der Waals surface area (Å²) in [5.41, 5.74) is 6.84. The number of aliphatic carboxylic acids is 2. The Balaban J connectivity index is 0.00000299. The molecule has 0 bridgehead atoms. The number of hydrogen-bond donors (Lipinski definition) is 0. The SMILES string of the molecule is COOOSc1ccc2c(c1)C(C)(C)C(/C=C/C1=C(N(c3ccccc3)c3ccccc3)C(=C/C=C3/N(CC(=O)[O-])c4ccc(S(=O)(=O)[O-])cc4C3(C)C)/CC1)=[N+]2CC(=O)[O-].[K+].[K+].[K+]. The van der Waals surface area contributed by atoms with Crippen LogP contribution in [0, 0.1) is 0 Å². The van der Waals surface area contributed by atoms with Crippen molar-refractivity contribution in [3.05, 3.63) is 155 Å². The van der Waals surface area contributed by atoms with Gasteiger partial charge < -0.3 is 34.2 Å². The molecule has 0 atom stereocenters. The van der Waals surface area contributed by atoms with Gasteiger partial charge in [0.2, 0.25) is 5.69 Å². The van der Waals surface area contributed by atoms with E-state index >= 15 is 0 Å². The van der Waals surface area contributed by atoms with E-state index in [4.69, 9.17) is 4.33 Å². The monoisotopic (exact) mass is 978 g/mol. The second kappa shape index (κ2) is 23.6. The standard InChI is InChI=1S/C46H45N3O10S2.3K/c1-45(2)36-26-34(60-59-58-57-5)20-22-38(36)47(28-42(50)51)40(45)24-18-30-16-17-31(44(30)49(32-12-8-6-9-13-32)33-14-10-7-11-15-33)19-25-41-46(3,4)37-27-35(61(54,55)56)21-23-39(37)48(41)29-43(52)53;;;/h6-15,18-27H,16-17,28-29H2,1-5H3,(H2-,50,51,52,53,54,55,56);;;/q;3*+1/p-2. The number of benzene rings is 4. The fourth-order valence-electron chi connectivity index (χ4n) is 8.44. The fraction of sp³-hybridized carbons (Fsp3) is 0.239. The molecule has 316 valence electrons. The number of rotatable bonds is 15. The molecule has 7 rings (SSSR count). The number of carboxylic acids is 2. The van der Waals surface area contributed by atoms with Crippen molar-refractivity contribution < 1.29 is 206 Å². The van der Waals surface area contributed by atoms with Gasteiger partial charge in [0.05, 0.1) is 47.7 Å². The summed E-state index contributed by atoms with van der Waals surface area (Å²) >= 11 is 0.958. The van der Waals surface area contributed by atoms with Crippen molar-refractivity contribution in [3.8, 4) is 0 Å². The molecule has 0 amide bonds. The number of nitrogens with zero attached hydrogens (tertiary/aromatic N) is 3. The summed E-state index contributed by atoms with van der Waals surface area (Å²) in [4.78, 5) is 32.9. The van der Waals surface area contributed by atoms with Crippen LogP contribution in [0.15, 0.2) is 154 Å². The average molecular weight is 979 g/mol. The van der Waals surface area contributed by atoms with Gasteiger partial charge in [-0.25, -0.2) is 13.3 Å². The third-order valence-electron chi connectivity index (χ3n) is 11.2. The molecule has 0 saturated carbocycles. The van der Waals surface area contributed by atoms with Crippen LogP contribution in [-0.2, 0) is 44.8 Å². The molecule has 0 saturated heterocycles. The smallest absolute Gasteiger partial charge is 0.744 e. The summed E-state index contributed by atoms with van der Waals surface area (Å²) in [6.45, 7) is 6.88. The molecule has 2 heterocycles. The molecule has 4 aromatic carbocycles. The van der Waals surface area contributed by atoms with E-state index in [0.29, 0.717) is 29.8 Å². The molecule has 0 aromatic heterocycles. The molecule has 0 N–H and O–H groups in total. The average Bonchev–Trinajstić information content (AvgIpc) is 3.77. The number of carbonyl (C=O) groups excluding carboxylic acids is 2. The summed E-state index contributed by atoms with van der Waals surface area (Å²) in [7, 11) is -3.46. The number of carboxylic acid groups (broad SMARTS) is 2. The third-order valence-corrected chi connectivity index (χ3v) is 12.6. The van der Waals surface area contributed by atoms with Crippen LogP contribution in [0.5, 0.6) is 0 Å². The summed E-state index contributed by atoms with van der Waals surface area (Å²) in [6, 6.07) is 29.3. The van der Waals surface area contributed by atoms with Crippen molar-refractivity contribution in [1.82, 2.24) is 0 Å². The zero-order valence-corrected chi connectivity index (χ0v) is 48.1. The zero-order valence-electron chi connectivity index (χ0n) is 37.1. The van der Waals surface area contributed by atoms with Crippen molar-refractivity contribution in [2.24, 2.45) is 0 Å². The van der Waals surface area contributed by atoms with Gasteiger partial charge in [-0.1, -0.05) is 67.4 Å². The third kappa shape index (κ3) is 12.1. The van der Waals surface area contributed by atoms with Gasteiger partial charge in [0.15, 0.2) is 12.3 Å². The molecular formula is C46H43K3N3O10S2+. The normalized spacial score (nSPS) is 17.2. The summed E-state index contributed by atoms with van der Waals surface area (Å²) in [5.74, 6) is -2.57. The number of carbonyl (C=O) groups is 2. The van der Waals surface area contributed by atoms with Crippen molar-refractivity contribution in [2.45, 2.75) is 61.2 Å². The fourth-order valence-corrected chi connectivity index (χ4v) is 9.39. The second-order valence-corrected chi connectivity index (χ2v) is 17.9. The zero-order chi connectivity index (χ0) is 43.7. The van der Waals surface area contributed by atoms with Crippen molar-refractivity contribution in [1.29, 1.82) is 0 Å². The van der Waals surface area contributed by atoms with Crippen molar-refractivity contribution in [3.63, 3.8) is 0 Å². The quantitative estimate of drug-likeness (QED) is 0.0225. The van der Waals surface area contributed by atoms with E-state index in [1.165, 1.54) is 25.3 Å². The largest absolute Gasteiger partial charge is 1.00 e. The van der Waals surface area contributed by atoms with E-state index in [-0.39, 0.29) is 161 Å². The van der Waals surface area contributed by atoms with Crippen LogP contribution in [0.3, 0.4) is 0 Å². The molecular weight excluding hydrogens is 936 g/mol. The van der Waals surface area contributed by atoms with Gasteiger partial charge in [-0.15, -0.1) is 4.33 Å². The Morgan fingerprint density at radius 3 is 2.03 bits per heavy atom. The van der Waals surface area contributed by atoms with Crippen LogP contribution in [0.4, 0.5) is 22.7 Å². The first-order chi connectivity index (χ1) is 29.0. The van der Waals surface area contributed by atoms with Gasteiger partial charge in [-0.3, -0.25) is 0 Å². The van der Waals surface area contributed by atoms with Gasteiger partial charge >= 0.3 is 154 Å². The number of anilines is 3. The maximum absolute atomic E-state index is 12.2. The minimum atomic E-state index is -4.78. The maximum atomic E-state index is 12.2. The van der Waals surface area contributed by atoms with Gasteiger partial charge in [0.1, 0.15) is 16.1 Å². The minimum absolute atomic E-state index is 0. The van der Waals surface area contributed by atoms with E-state index in [0.717, 1.165) is 62.1 Å². The molecule has 0 unspecified atom stereocenters. The first-order valence-corrected chi connectivity index (χ1v) is 21.5. The van der Waals surface area contributed by atoms with Crippen LogP contribution in [-0.4, -0.2) is 55.4 Å². The predicted molar refractivity (Wildman–Crippen MR) is 226 cm³/mol. The van der Waals surface area contributed by atoms with Crippen LogP contribution in [0.1, 0.15) is 51.7 Å². The topological polar surface area (TPSA) is 175 Å². The van der Waals surface area contributed by atoms with Crippen LogP contribution in [0.2, 0.25) is 0 Å².